The Bertz CT molecular complexity index is 550. The third-order valence-electron chi connectivity index (χ3n) is 2.14. The summed E-state index contributed by atoms with van der Waals surface area (Å²) < 4.78 is 38.8. The summed E-state index contributed by atoms with van der Waals surface area (Å²) in [6, 6.07) is 2.85. The van der Waals surface area contributed by atoms with Crippen LogP contribution in [0.15, 0.2) is 21.5 Å². The zero-order valence-electron chi connectivity index (χ0n) is 10.6. The fourth-order valence-corrected chi connectivity index (χ4v) is 3.38. The van der Waals surface area contributed by atoms with Gasteiger partial charge in [-0.1, -0.05) is 27.5 Å². The predicted molar refractivity (Wildman–Crippen MR) is 80.4 cm³/mol. The van der Waals surface area contributed by atoms with Crippen LogP contribution in [0.5, 0.6) is 5.75 Å². The molecule has 0 aliphatic rings. The van der Waals surface area contributed by atoms with Gasteiger partial charge in [-0.25, -0.2) is 8.42 Å². The second-order valence-corrected chi connectivity index (χ2v) is 7.46. The van der Waals surface area contributed by atoms with E-state index >= 15 is 0 Å². The van der Waals surface area contributed by atoms with Crippen LogP contribution in [-0.2, 0) is 18.5 Å². The highest BCUT2D eigenvalue weighted by Gasteiger charge is 2.20. The van der Waals surface area contributed by atoms with E-state index in [-0.39, 0.29) is 28.9 Å². The topological polar surface area (TPSA) is 61.8 Å². The molecule has 0 aliphatic heterocycles. The van der Waals surface area contributed by atoms with E-state index in [4.69, 9.17) is 36.5 Å². The van der Waals surface area contributed by atoms with Crippen molar-refractivity contribution < 1.29 is 22.6 Å². The molecule has 20 heavy (non-hydrogen) atoms. The van der Waals surface area contributed by atoms with Crippen LogP contribution in [0.2, 0.25) is 5.02 Å². The first-order valence-corrected chi connectivity index (χ1v) is 8.97. The van der Waals surface area contributed by atoms with Gasteiger partial charge in [0.15, 0.2) is 5.75 Å². The van der Waals surface area contributed by atoms with Crippen LogP contribution in [0.4, 0.5) is 0 Å². The lowest BCUT2D eigenvalue weighted by Crippen LogP contribution is -2.11. The Morgan fingerprint density at radius 1 is 1.20 bits per heavy atom. The third kappa shape index (κ3) is 5.75. The highest BCUT2D eigenvalue weighted by molar-refractivity contribution is 9.10. The van der Waals surface area contributed by atoms with Gasteiger partial charge in [0.05, 0.1) is 24.8 Å². The van der Waals surface area contributed by atoms with Crippen molar-refractivity contribution in [2.45, 2.75) is 4.90 Å². The summed E-state index contributed by atoms with van der Waals surface area (Å²) in [6.45, 7) is 1.32. The molecule has 0 atom stereocenters. The Morgan fingerprint density at radius 2 is 1.85 bits per heavy atom. The molecule has 0 bridgehead atoms. The summed E-state index contributed by atoms with van der Waals surface area (Å²) in [5.74, 6) is 0.0141. The maximum atomic E-state index is 11.5. The number of halogens is 3. The van der Waals surface area contributed by atoms with E-state index in [9.17, 15) is 8.42 Å². The Morgan fingerprint density at radius 3 is 2.45 bits per heavy atom. The normalized spacial score (nSPS) is 11.6. The minimum atomic E-state index is -3.96. The number of hydrogen-bond donors (Lipinski definition) is 0. The molecule has 0 saturated heterocycles. The van der Waals surface area contributed by atoms with Crippen LogP contribution in [0.3, 0.4) is 0 Å². The Balaban J connectivity index is 2.74. The lowest BCUT2D eigenvalue weighted by Gasteiger charge is -2.12. The first-order chi connectivity index (χ1) is 9.36. The molecule has 1 aromatic rings. The zero-order chi connectivity index (χ0) is 15.2. The summed E-state index contributed by atoms with van der Waals surface area (Å²) >= 11 is 9.11. The van der Waals surface area contributed by atoms with Crippen molar-refractivity contribution in [3.63, 3.8) is 0 Å². The van der Waals surface area contributed by atoms with Crippen molar-refractivity contribution in [2.24, 2.45) is 0 Å². The molecular formula is C11H13BrCl2O5S. The second-order valence-electron chi connectivity index (χ2n) is 3.61. The molecule has 1 rings (SSSR count). The molecule has 0 aromatic heterocycles. The van der Waals surface area contributed by atoms with E-state index in [1.54, 1.807) is 7.11 Å². The smallest absolute Gasteiger partial charge is 0.265 e. The van der Waals surface area contributed by atoms with E-state index in [1.165, 1.54) is 12.1 Å². The van der Waals surface area contributed by atoms with Crippen molar-refractivity contribution in [3.05, 3.63) is 21.6 Å². The quantitative estimate of drug-likeness (QED) is 0.489. The lowest BCUT2D eigenvalue weighted by molar-refractivity contribution is 0.0540. The van der Waals surface area contributed by atoms with Gasteiger partial charge < -0.3 is 14.2 Å². The number of benzene rings is 1. The second kappa shape index (κ2) is 8.41. The predicted octanol–water partition coefficient (Wildman–Crippen LogP) is 3.07. The van der Waals surface area contributed by atoms with Crippen molar-refractivity contribution >= 4 is 47.3 Å². The largest absolute Gasteiger partial charge is 0.488 e. The molecule has 5 nitrogen and oxygen atoms in total. The van der Waals surface area contributed by atoms with Gasteiger partial charge in [-0.3, -0.25) is 0 Å². The highest BCUT2D eigenvalue weighted by atomic mass is 79.9. The van der Waals surface area contributed by atoms with Gasteiger partial charge in [0.1, 0.15) is 11.5 Å². The fraction of sp³-hybridized carbons (Fsp3) is 0.455. The van der Waals surface area contributed by atoms with Gasteiger partial charge in [-0.2, -0.15) is 0 Å². The van der Waals surface area contributed by atoms with Crippen molar-refractivity contribution in [1.29, 1.82) is 0 Å². The standard InChI is InChI=1S/C11H13BrCl2O5S/c1-17-2-3-18-4-5-19-11-9(13)6-8(12)7-10(11)20(14,15)16/h6-7H,2-5H2,1H3. The van der Waals surface area contributed by atoms with Crippen LogP contribution >= 0.6 is 38.2 Å². The Kier molecular flexibility index (Phi) is 7.57. The molecular weight excluding hydrogens is 395 g/mol. The van der Waals surface area contributed by atoms with Crippen LogP contribution in [0.1, 0.15) is 0 Å². The average Bonchev–Trinajstić information content (AvgIpc) is 2.34. The molecule has 0 fully saturated rings. The first-order valence-electron chi connectivity index (χ1n) is 5.49. The molecule has 0 heterocycles. The van der Waals surface area contributed by atoms with Gasteiger partial charge >= 0.3 is 0 Å². The van der Waals surface area contributed by atoms with Crippen molar-refractivity contribution in [1.82, 2.24) is 0 Å². The van der Waals surface area contributed by atoms with E-state index in [0.717, 1.165) is 0 Å². The molecule has 114 valence electrons. The van der Waals surface area contributed by atoms with Gasteiger partial charge in [-0.15, -0.1) is 0 Å². The summed E-state index contributed by atoms with van der Waals surface area (Å²) in [4.78, 5) is -0.185. The van der Waals surface area contributed by atoms with E-state index in [0.29, 0.717) is 17.7 Å². The molecule has 0 saturated carbocycles. The van der Waals surface area contributed by atoms with Gasteiger partial charge in [0.25, 0.3) is 9.05 Å². The molecule has 0 spiro atoms. The van der Waals surface area contributed by atoms with Crippen molar-refractivity contribution in [3.8, 4) is 5.75 Å². The Labute approximate surface area is 135 Å². The zero-order valence-corrected chi connectivity index (χ0v) is 14.5. The highest BCUT2D eigenvalue weighted by Crippen LogP contribution is 2.37. The maximum absolute atomic E-state index is 11.5. The molecule has 0 N–H and O–H groups in total. The summed E-state index contributed by atoms with van der Waals surface area (Å²) in [6.07, 6.45) is 0. The van der Waals surface area contributed by atoms with Crippen LogP contribution in [0, 0.1) is 0 Å². The Hall–Kier alpha value is -0.0500. The lowest BCUT2D eigenvalue weighted by atomic mass is 10.3. The first kappa shape index (κ1) is 18.0. The third-order valence-corrected chi connectivity index (χ3v) is 4.21. The van der Waals surface area contributed by atoms with Gasteiger partial charge in [0, 0.05) is 22.3 Å². The summed E-state index contributed by atoms with van der Waals surface area (Å²) in [5, 5.41) is 0.149. The van der Waals surface area contributed by atoms with Crippen LogP contribution in [-0.4, -0.2) is 42.0 Å². The number of ether oxygens (including phenoxy) is 3. The summed E-state index contributed by atoms with van der Waals surface area (Å²) in [5.41, 5.74) is 0. The van der Waals surface area contributed by atoms with Crippen LogP contribution in [0.25, 0.3) is 0 Å². The molecule has 0 unspecified atom stereocenters. The maximum Gasteiger partial charge on any atom is 0.265 e. The minimum Gasteiger partial charge on any atom is -0.488 e. The van der Waals surface area contributed by atoms with Gasteiger partial charge in [0.2, 0.25) is 0 Å². The van der Waals surface area contributed by atoms with Crippen LogP contribution < -0.4 is 4.74 Å². The van der Waals surface area contributed by atoms with E-state index in [1.807, 2.05) is 0 Å². The number of methoxy groups -OCH3 is 1. The molecule has 0 radical (unpaired) electrons. The summed E-state index contributed by atoms with van der Waals surface area (Å²) in [7, 11) is 2.96. The van der Waals surface area contributed by atoms with E-state index < -0.39 is 9.05 Å². The molecule has 0 amide bonds. The monoisotopic (exact) mass is 406 g/mol. The molecule has 9 heteroatoms. The van der Waals surface area contributed by atoms with Crippen molar-refractivity contribution in [2.75, 3.05) is 33.5 Å². The number of rotatable bonds is 8. The molecule has 1 aromatic carbocycles. The minimum absolute atomic E-state index is 0.0141. The fourth-order valence-electron chi connectivity index (χ4n) is 1.30. The SMILES string of the molecule is COCCOCCOc1c(Cl)cc(Br)cc1S(=O)(=O)Cl. The van der Waals surface area contributed by atoms with E-state index in [2.05, 4.69) is 15.9 Å². The average molecular weight is 408 g/mol. The number of hydrogen-bond acceptors (Lipinski definition) is 5. The molecule has 0 aliphatic carbocycles. The van der Waals surface area contributed by atoms with Gasteiger partial charge in [-0.05, 0) is 12.1 Å².